The Labute approximate surface area is 169 Å². The third-order valence-electron chi connectivity index (χ3n) is 4.34. The van der Waals surface area contributed by atoms with E-state index in [1.54, 1.807) is 11.3 Å². The van der Waals surface area contributed by atoms with Crippen LogP contribution in [0.4, 0.5) is 0 Å². The first-order valence-electron chi connectivity index (χ1n) is 8.58. The average Bonchev–Trinajstić information content (AvgIpc) is 3.28. The molecule has 4 nitrogen and oxygen atoms in total. The molecule has 0 fully saturated rings. The number of aryl methyl sites for hydroxylation is 1. The Morgan fingerprint density at radius 3 is 2.85 bits per heavy atom. The lowest BCUT2D eigenvalue weighted by molar-refractivity contribution is 0.0927. The summed E-state index contributed by atoms with van der Waals surface area (Å²) in [6.07, 6.45) is 0.680. The van der Waals surface area contributed by atoms with Crippen molar-refractivity contribution in [3.63, 3.8) is 0 Å². The lowest BCUT2D eigenvalue weighted by atomic mass is 10.1. The number of halogens is 1. The van der Waals surface area contributed by atoms with Crippen molar-refractivity contribution >= 4 is 44.1 Å². The Morgan fingerprint density at radius 2 is 2.04 bits per heavy atom. The lowest BCUT2D eigenvalue weighted by Gasteiger charge is -2.02. The Kier molecular flexibility index (Phi) is 5.09. The van der Waals surface area contributed by atoms with Crippen LogP contribution >= 0.6 is 27.3 Å². The van der Waals surface area contributed by atoms with E-state index in [2.05, 4.69) is 26.2 Å². The molecule has 0 aliphatic heterocycles. The minimum absolute atomic E-state index is 0.196. The minimum atomic E-state index is -0.196. The molecule has 0 bridgehead atoms. The van der Waals surface area contributed by atoms with Crippen LogP contribution < -0.4 is 5.32 Å². The summed E-state index contributed by atoms with van der Waals surface area (Å²) in [5.41, 5.74) is 3.66. The molecule has 4 aromatic rings. The van der Waals surface area contributed by atoms with E-state index in [9.17, 15) is 4.79 Å². The number of carbonyl (C=O) groups excluding carboxylic acids is 1. The molecule has 0 atom stereocenters. The van der Waals surface area contributed by atoms with E-state index in [-0.39, 0.29) is 5.91 Å². The highest BCUT2D eigenvalue weighted by molar-refractivity contribution is 9.10. The van der Waals surface area contributed by atoms with E-state index in [0.717, 1.165) is 31.7 Å². The van der Waals surface area contributed by atoms with E-state index in [0.29, 0.717) is 24.3 Å². The van der Waals surface area contributed by atoms with Crippen LogP contribution in [0.5, 0.6) is 0 Å². The highest BCUT2D eigenvalue weighted by Crippen LogP contribution is 2.28. The second kappa shape index (κ2) is 7.66. The smallest absolute Gasteiger partial charge is 0.287 e. The van der Waals surface area contributed by atoms with Crippen molar-refractivity contribution in [2.75, 3.05) is 6.54 Å². The van der Waals surface area contributed by atoms with Crippen molar-refractivity contribution in [2.45, 2.75) is 13.3 Å². The minimum Gasteiger partial charge on any atom is -0.451 e. The largest absolute Gasteiger partial charge is 0.451 e. The van der Waals surface area contributed by atoms with Crippen LogP contribution in [0.3, 0.4) is 0 Å². The van der Waals surface area contributed by atoms with Gasteiger partial charge in [0.05, 0.1) is 5.69 Å². The monoisotopic (exact) mass is 440 g/mol. The van der Waals surface area contributed by atoms with E-state index >= 15 is 0 Å². The van der Waals surface area contributed by atoms with Gasteiger partial charge in [0.2, 0.25) is 0 Å². The van der Waals surface area contributed by atoms with E-state index in [4.69, 9.17) is 4.42 Å². The number of hydrogen-bond acceptors (Lipinski definition) is 4. The van der Waals surface area contributed by atoms with E-state index in [1.165, 1.54) is 0 Å². The molecule has 0 spiro atoms. The van der Waals surface area contributed by atoms with Crippen molar-refractivity contribution in [2.24, 2.45) is 0 Å². The van der Waals surface area contributed by atoms with Gasteiger partial charge in [-0.15, -0.1) is 11.3 Å². The maximum atomic E-state index is 12.5. The highest BCUT2D eigenvalue weighted by Gasteiger charge is 2.17. The van der Waals surface area contributed by atoms with Crippen LogP contribution in [0, 0.1) is 6.92 Å². The number of furan rings is 1. The molecule has 0 saturated heterocycles. The zero-order valence-electron chi connectivity index (χ0n) is 14.7. The molecule has 2 aromatic carbocycles. The summed E-state index contributed by atoms with van der Waals surface area (Å²) in [4.78, 5) is 17.2. The number of hydrogen-bond donors (Lipinski definition) is 1. The van der Waals surface area contributed by atoms with Gasteiger partial charge in [0.1, 0.15) is 10.6 Å². The van der Waals surface area contributed by atoms with Crippen molar-refractivity contribution in [1.29, 1.82) is 0 Å². The standard InChI is InChI=1S/C21H17BrN2O2S/c1-13-17-11-15(22)7-8-18(17)26-19(13)20(25)23-10-9-16-12-27-21(24-16)14-5-3-2-4-6-14/h2-8,11-12H,9-10H2,1H3,(H,23,25). The van der Waals surface area contributed by atoms with Crippen LogP contribution in [0.2, 0.25) is 0 Å². The number of benzene rings is 2. The fourth-order valence-corrected chi connectivity index (χ4v) is 4.15. The summed E-state index contributed by atoms with van der Waals surface area (Å²) < 4.78 is 6.70. The number of carbonyl (C=O) groups is 1. The second-order valence-corrected chi connectivity index (χ2v) is 7.99. The molecule has 1 amide bonds. The molecule has 0 unspecified atom stereocenters. The number of rotatable bonds is 5. The van der Waals surface area contributed by atoms with Gasteiger partial charge in [-0.05, 0) is 25.1 Å². The van der Waals surface area contributed by atoms with Gasteiger partial charge in [0, 0.05) is 39.3 Å². The Morgan fingerprint density at radius 1 is 1.22 bits per heavy atom. The molecule has 136 valence electrons. The van der Waals surface area contributed by atoms with Gasteiger partial charge in [-0.2, -0.15) is 0 Å². The molecule has 0 aliphatic rings. The molecule has 6 heteroatoms. The SMILES string of the molecule is Cc1c(C(=O)NCCc2csc(-c3ccccc3)n2)oc2ccc(Br)cc12. The molecule has 2 aromatic heterocycles. The molecule has 2 heterocycles. The zero-order chi connectivity index (χ0) is 18.8. The first-order valence-corrected chi connectivity index (χ1v) is 10.3. The summed E-state index contributed by atoms with van der Waals surface area (Å²) in [6, 6.07) is 15.8. The molecule has 27 heavy (non-hydrogen) atoms. The van der Waals surface area contributed by atoms with Crippen LogP contribution in [-0.4, -0.2) is 17.4 Å². The summed E-state index contributed by atoms with van der Waals surface area (Å²) >= 11 is 5.07. The molecule has 0 radical (unpaired) electrons. The maximum absolute atomic E-state index is 12.5. The fourth-order valence-electron chi connectivity index (χ4n) is 2.93. The predicted molar refractivity (Wildman–Crippen MR) is 112 cm³/mol. The number of nitrogens with one attached hydrogen (secondary N) is 1. The first kappa shape index (κ1) is 17.9. The average molecular weight is 441 g/mol. The molecular weight excluding hydrogens is 424 g/mol. The summed E-state index contributed by atoms with van der Waals surface area (Å²) in [5.74, 6) is 0.171. The Balaban J connectivity index is 1.40. The van der Waals surface area contributed by atoms with Crippen molar-refractivity contribution < 1.29 is 9.21 Å². The Hall–Kier alpha value is -2.44. The molecule has 1 N–H and O–H groups in total. The van der Waals surface area contributed by atoms with Gasteiger partial charge >= 0.3 is 0 Å². The number of nitrogens with zero attached hydrogens (tertiary/aromatic N) is 1. The second-order valence-electron chi connectivity index (χ2n) is 6.21. The summed E-state index contributed by atoms with van der Waals surface area (Å²) in [5, 5.41) is 6.92. The third kappa shape index (κ3) is 3.82. The third-order valence-corrected chi connectivity index (χ3v) is 5.78. The van der Waals surface area contributed by atoms with Crippen LogP contribution in [0.25, 0.3) is 21.5 Å². The number of thiazole rings is 1. The number of aromatic nitrogens is 1. The normalized spacial score (nSPS) is 11.0. The zero-order valence-corrected chi connectivity index (χ0v) is 17.1. The van der Waals surface area contributed by atoms with Crippen molar-refractivity contribution in [3.8, 4) is 10.6 Å². The number of amides is 1. The van der Waals surface area contributed by atoms with Gasteiger partial charge < -0.3 is 9.73 Å². The molecule has 0 saturated carbocycles. The van der Waals surface area contributed by atoms with Gasteiger partial charge in [-0.3, -0.25) is 4.79 Å². The lowest BCUT2D eigenvalue weighted by Crippen LogP contribution is -2.25. The highest BCUT2D eigenvalue weighted by atomic mass is 79.9. The van der Waals surface area contributed by atoms with E-state index in [1.807, 2.05) is 60.8 Å². The topological polar surface area (TPSA) is 55.1 Å². The Bertz CT molecular complexity index is 1100. The predicted octanol–water partition coefficient (Wildman–Crippen LogP) is 5.60. The summed E-state index contributed by atoms with van der Waals surface area (Å²) in [7, 11) is 0. The quantitative estimate of drug-likeness (QED) is 0.439. The van der Waals surface area contributed by atoms with Gasteiger partial charge in [-0.25, -0.2) is 4.98 Å². The van der Waals surface area contributed by atoms with Crippen LogP contribution in [0.1, 0.15) is 21.8 Å². The fraction of sp³-hybridized carbons (Fsp3) is 0.143. The van der Waals surface area contributed by atoms with Gasteiger partial charge in [0.15, 0.2) is 5.76 Å². The van der Waals surface area contributed by atoms with Gasteiger partial charge in [0.25, 0.3) is 5.91 Å². The number of fused-ring (bicyclic) bond motifs is 1. The van der Waals surface area contributed by atoms with Crippen LogP contribution in [0.15, 0.2) is 62.8 Å². The maximum Gasteiger partial charge on any atom is 0.287 e. The van der Waals surface area contributed by atoms with Crippen LogP contribution in [-0.2, 0) is 6.42 Å². The van der Waals surface area contributed by atoms with E-state index < -0.39 is 0 Å². The van der Waals surface area contributed by atoms with Gasteiger partial charge in [-0.1, -0.05) is 46.3 Å². The molecule has 0 aliphatic carbocycles. The summed E-state index contributed by atoms with van der Waals surface area (Å²) in [6.45, 7) is 2.41. The molecular formula is C21H17BrN2O2S. The molecule has 4 rings (SSSR count). The first-order chi connectivity index (χ1) is 13.1. The van der Waals surface area contributed by atoms with Crippen molar-refractivity contribution in [3.05, 3.63) is 75.4 Å². The van der Waals surface area contributed by atoms with Crippen molar-refractivity contribution in [1.82, 2.24) is 10.3 Å².